The molecule has 10 heteroatoms. The zero-order chi connectivity index (χ0) is 21.1. The van der Waals surface area contributed by atoms with Gasteiger partial charge in [-0.05, 0) is 35.3 Å². The van der Waals surface area contributed by atoms with Crippen LogP contribution in [0.3, 0.4) is 0 Å². The van der Waals surface area contributed by atoms with E-state index in [4.69, 9.17) is 18.6 Å². The zero-order valence-electron chi connectivity index (χ0n) is 15.2. The molecule has 0 spiro atoms. The molecule has 152 valence electrons. The number of hydrogen-bond acceptors (Lipinski definition) is 8. The van der Waals surface area contributed by atoms with E-state index in [2.05, 4.69) is 69.5 Å². The second-order valence-corrected chi connectivity index (χ2v) is 8.94. The lowest BCUT2D eigenvalue weighted by atomic mass is 10.3. The molecule has 5 rings (SSSR count). The molecule has 1 N–H and O–H groups in total. The van der Waals surface area contributed by atoms with Gasteiger partial charge in [0.05, 0.1) is 15.4 Å². The summed E-state index contributed by atoms with van der Waals surface area (Å²) in [6.07, 6.45) is 4.05. The first kappa shape index (κ1) is 20.8. The number of thiazole rings is 1. The highest BCUT2D eigenvalue weighted by Gasteiger charge is 2.21. The average molecular weight is 460 g/mol. The van der Waals surface area contributed by atoms with Crippen LogP contribution < -0.4 is 28.5 Å². The summed E-state index contributed by atoms with van der Waals surface area (Å²) in [5.41, 5.74) is 2.35. The van der Waals surface area contributed by atoms with E-state index in [0.717, 1.165) is 15.9 Å². The van der Waals surface area contributed by atoms with Gasteiger partial charge in [-0.2, -0.15) is 4.57 Å². The third kappa shape index (κ3) is 4.97. The fraction of sp³-hybridized carbons (Fsp3) is 0. The van der Waals surface area contributed by atoms with Crippen molar-refractivity contribution in [3.8, 4) is 5.82 Å². The Morgan fingerprint density at radius 3 is 2.33 bits per heavy atom. The molecule has 0 saturated heterocycles. The minimum absolute atomic E-state index is 0.937. The Morgan fingerprint density at radius 2 is 1.60 bits per heavy atom. The van der Waals surface area contributed by atoms with Crippen molar-refractivity contribution in [3.63, 3.8) is 0 Å². The molecule has 2 aromatic heterocycles. The molecule has 0 fully saturated rings. The molecule has 3 heterocycles. The standard InChI is InChI=1S/C20H13N3S2.ClHO4/c1-3-9-16-14(7-1)22-19(24-16)13-20-23(18-11-5-6-12-21-18)15-8-2-4-10-17(15)25-20;2-1(3,4)5/h1-13H;(H,2,3,4,5). The van der Waals surface area contributed by atoms with Crippen LogP contribution in [0.2, 0.25) is 0 Å². The highest BCUT2D eigenvalue weighted by atomic mass is 35.7. The maximum atomic E-state index is 8.49. The highest BCUT2D eigenvalue weighted by molar-refractivity contribution is 8.03. The predicted molar refractivity (Wildman–Crippen MR) is 105 cm³/mol. The maximum Gasteiger partial charge on any atom is 0.329 e. The second-order valence-electron chi connectivity index (χ2n) is 6.04. The molecule has 0 saturated carbocycles. The van der Waals surface area contributed by atoms with Crippen LogP contribution in [0.4, 0.5) is 5.69 Å². The van der Waals surface area contributed by atoms with Crippen molar-refractivity contribution < 1.29 is 33.4 Å². The van der Waals surface area contributed by atoms with Gasteiger partial charge < -0.3 is 5.32 Å². The summed E-state index contributed by atoms with van der Waals surface area (Å²) in [6, 6.07) is 22.9. The lowest BCUT2D eigenvalue weighted by Crippen LogP contribution is -2.68. The minimum Gasteiger partial charge on any atom is -0.349 e. The zero-order valence-corrected chi connectivity index (χ0v) is 17.6. The largest absolute Gasteiger partial charge is 0.349 e. The fourth-order valence-electron chi connectivity index (χ4n) is 2.93. The van der Waals surface area contributed by atoms with Crippen molar-refractivity contribution in [2.75, 3.05) is 5.32 Å². The Labute approximate surface area is 182 Å². The summed E-state index contributed by atoms with van der Waals surface area (Å²) >= 11 is 3.55. The lowest BCUT2D eigenvalue weighted by Gasteiger charge is -2.17. The van der Waals surface area contributed by atoms with Crippen molar-refractivity contribution in [1.29, 1.82) is 0 Å². The maximum absolute atomic E-state index is 8.49. The topological polar surface area (TPSA) is 121 Å². The first-order valence-corrected chi connectivity index (χ1v) is 11.5. The molecular weight excluding hydrogens is 446 g/mol. The quantitative estimate of drug-likeness (QED) is 0.429. The number of para-hydroxylation sites is 2. The van der Waals surface area contributed by atoms with Crippen LogP contribution in [0.1, 0.15) is 5.01 Å². The number of hydrogen-bond donors (Lipinski definition) is 1. The van der Waals surface area contributed by atoms with Crippen LogP contribution in [0.25, 0.3) is 22.1 Å². The molecule has 4 aromatic rings. The molecule has 0 atom stereocenters. The normalized spacial score (nSPS) is 14.2. The summed E-state index contributed by atoms with van der Waals surface area (Å²) in [5.74, 6) is 0.937. The SMILES string of the molecule is C(=C1Nc2ccccc2S1)c1sc2ccccc2[n+]1-c1ccccn1.[O-][Cl+3]([O-])([O-])[O-]. The van der Waals surface area contributed by atoms with Gasteiger partial charge in [0.1, 0.15) is 6.20 Å². The number of thioether (sulfide) groups is 1. The minimum atomic E-state index is -4.94. The van der Waals surface area contributed by atoms with Gasteiger partial charge in [-0.25, -0.2) is 18.6 Å². The van der Waals surface area contributed by atoms with E-state index in [1.165, 1.54) is 20.8 Å². The Balaban J connectivity index is 0.000000393. The van der Waals surface area contributed by atoms with E-state index >= 15 is 0 Å². The van der Waals surface area contributed by atoms with Crippen molar-refractivity contribution in [1.82, 2.24) is 4.98 Å². The van der Waals surface area contributed by atoms with Crippen molar-refractivity contribution >= 4 is 45.1 Å². The lowest BCUT2D eigenvalue weighted by molar-refractivity contribution is -2.00. The molecule has 0 aliphatic carbocycles. The van der Waals surface area contributed by atoms with Gasteiger partial charge in [-0.1, -0.05) is 53.4 Å². The molecular formula is C20H14ClN3O4S2. The van der Waals surface area contributed by atoms with Crippen LogP contribution >= 0.6 is 23.1 Å². The summed E-state index contributed by atoms with van der Waals surface area (Å²) in [6.45, 7) is 0. The van der Waals surface area contributed by atoms with Gasteiger partial charge in [0.15, 0.2) is 10.5 Å². The van der Waals surface area contributed by atoms with Crippen molar-refractivity contribution in [2.24, 2.45) is 0 Å². The van der Waals surface area contributed by atoms with E-state index in [0.29, 0.717) is 0 Å². The molecule has 1 aliphatic heterocycles. The van der Waals surface area contributed by atoms with Crippen LogP contribution in [0, 0.1) is 10.2 Å². The number of fused-ring (bicyclic) bond motifs is 2. The molecule has 2 aromatic carbocycles. The first-order valence-electron chi connectivity index (χ1n) is 8.61. The Morgan fingerprint density at radius 1 is 0.900 bits per heavy atom. The first-order chi connectivity index (χ1) is 14.4. The van der Waals surface area contributed by atoms with E-state index in [-0.39, 0.29) is 0 Å². The Hall–Kier alpha value is -2.50. The molecule has 30 heavy (non-hydrogen) atoms. The number of nitrogens with zero attached hydrogens (tertiary/aromatic N) is 2. The van der Waals surface area contributed by atoms with Crippen LogP contribution in [-0.2, 0) is 0 Å². The number of aromatic nitrogens is 2. The summed E-state index contributed by atoms with van der Waals surface area (Å²) in [7, 11) is -4.94. The summed E-state index contributed by atoms with van der Waals surface area (Å²) in [5, 5.41) is 5.79. The molecule has 0 radical (unpaired) electrons. The molecule has 7 nitrogen and oxygen atoms in total. The van der Waals surface area contributed by atoms with Gasteiger partial charge in [0.25, 0.3) is 0 Å². The van der Waals surface area contributed by atoms with Gasteiger partial charge in [0.2, 0.25) is 0 Å². The monoisotopic (exact) mass is 459 g/mol. The number of rotatable bonds is 2. The number of benzene rings is 2. The Bertz CT molecular complexity index is 1180. The smallest absolute Gasteiger partial charge is 0.329 e. The molecule has 0 amide bonds. The molecule has 0 unspecified atom stereocenters. The fourth-order valence-corrected chi connectivity index (χ4v) is 5.05. The molecule has 0 bridgehead atoms. The number of anilines is 1. The van der Waals surface area contributed by atoms with Crippen LogP contribution in [-0.4, -0.2) is 4.98 Å². The summed E-state index contributed by atoms with van der Waals surface area (Å²) in [4.78, 5) is 5.82. The van der Waals surface area contributed by atoms with Gasteiger partial charge in [-0.3, -0.25) is 0 Å². The second kappa shape index (κ2) is 8.70. The van der Waals surface area contributed by atoms with Crippen LogP contribution in [0.5, 0.6) is 0 Å². The number of nitrogens with one attached hydrogen (secondary N) is 1. The van der Waals surface area contributed by atoms with Crippen molar-refractivity contribution in [2.45, 2.75) is 4.90 Å². The molecule has 1 aliphatic rings. The van der Waals surface area contributed by atoms with Crippen LogP contribution in [0.15, 0.2) is 82.9 Å². The van der Waals surface area contributed by atoms with E-state index in [9.17, 15) is 0 Å². The van der Waals surface area contributed by atoms with E-state index in [1.54, 1.807) is 23.1 Å². The van der Waals surface area contributed by atoms with Gasteiger partial charge in [-0.15, -0.1) is 10.2 Å². The number of pyridine rings is 1. The third-order valence-electron chi connectivity index (χ3n) is 4.04. The van der Waals surface area contributed by atoms with Crippen molar-refractivity contribution in [3.05, 3.63) is 83.0 Å². The van der Waals surface area contributed by atoms with E-state index < -0.39 is 10.2 Å². The highest BCUT2D eigenvalue weighted by Crippen LogP contribution is 2.41. The average Bonchev–Trinajstić information content (AvgIpc) is 3.27. The van der Waals surface area contributed by atoms with E-state index in [1.807, 2.05) is 24.4 Å². The predicted octanol–water partition coefficient (Wildman–Crippen LogP) is 0.333. The Kier molecular flexibility index (Phi) is 6.02. The third-order valence-corrected chi connectivity index (χ3v) is 6.13. The summed E-state index contributed by atoms with van der Waals surface area (Å²) < 4.78 is 37.4. The van der Waals surface area contributed by atoms with Gasteiger partial charge in [0, 0.05) is 17.0 Å². The number of halogens is 1. The van der Waals surface area contributed by atoms with Gasteiger partial charge >= 0.3 is 5.82 Å².